The summed E-state index contributed by atoms with van der Waals surface area (Å²) >= 11 is 0. The molecule has 3 aromatic rings. The van der Waals surface area contributed by atoms with Gasteiger partial charge < -0.3 is 19.3 Å². The Morgan fingerprint density at radius 2 is 1.64 bits per heavy atom. The molecule has 0 radical (unpaired) electrons. The molecule has 39 heavy (non-hydrogen) atoms. The number of benzene rings is 3. The topological polar surface area (TPSA) is 115 Å². The molecule has 202 valence electrons. The highest BCUT2D eigenvalue weighted by Crippen LogP contribution is 2.50. The van der Waals surface area contributed by atoms with Gasteiger partial charge in [-0.15, -0.1) is 0 Å². The Labute approximate surface area is 225 Å². The third-order valence-electron chi connectivity index (χ3n) is 6.80. The summed E-state index contributed by atoms with van der Waals surface area (Å²) in [6, 6.07) is 17.8. The van der Waals surface area contributed by atoms with Gasteiger partial charge in [0.1, 0.15) is 17.2 Å². The second kappa shape index (κ2) is 10.7. The van der Waals surface area contributed by atoms with Crippen LogP contribution in [0.3, 0.4) is 0 Å². The zero-order chi connectivity index (χ0) is 27.7. The van der Waals surface area contributed by atoms with Crippen molar-refractivity contribution in [2.45, 2.75) is 25.5 Å². The van der Waals surface area contributed by atoms with Crippen LogP contribution in [0.1, 0.15) is 35.3 Å². The number of carboxylic acid groups (broad SMARTS) is 1. The van der Waals surface area contributed by atoms with Crippen molar-refractivity contribution in [3.8, 4) is 17.2 Å². The van der Waals surface area contributed by atoms with Gasteiger partial charge >= 0.3 is 5.97 Å². The summed E-state index contributed by atoms with van der Waals surface area (Å²) in [5.41, 5.74) is 1.02. The second-order valence-corrected chi connectivity index (χ2v) is 9.08. The average molecular weight is 533 g/mol. The third kappa shape index (κ3) is 4.42. The Bertz CT molecular complexity index is 1390. The maximum absolute atomic E-state index is 13.9. The summed E-state index contributed by atoms with van der Waals surface area (Å²) in [5.74, 6) is -2.47. The monoisotopic (exact) mass is 532 g/mol. The molecule has 2 heterocycles. The highest BCUT2D eigenvalue weighted by atomic mass is 16.7. The van der Waals surface area contributed by atoms with Gasteiger partial charge in [0, 0.05) is 0 Å². The molecule has 0 bridgehead atoms. The number of methoxy groups -OCH3 is 2. The van der Waals surface area contributed by atoms with Crippen molar-refractivity contribution in [2.75, 3.05) is 30.8 Å². The molecule has 0 aliphatic carbocycles. The lowest BCUT2D eigenvalue weighted by molar-refractivity contribution is -0.126. The fraction of sp³-hybridized carbons (Fsp3) is 0.276. The van der Waals surface area contributed by atoms with Crippen LogP contribution in [-0.2, 0) is 14.4 Å². The van der Waals surface area contributed by atoms with Gasteiger partial charge in [-0.25, -0.2) is 14.8 Å². The van der Waals surface area contributed by atoms with E-state index in [0.29, 0.717) is 23.7 Å². The highest BCUT2D eigenvalue weighted by molar-refractivity contribution is 6.24. The maximum Gasteiger partial charge on any atom is 0.339 e. The van der Waals surface area contributed by atoms with Gasteiger partial charge in [-0.3, -0.25) is 14.4 Å². The molecule has 3 atom stereocenters. The van der Waals surface area contributed by atoms with E-state index in [0.717, 1.165) is 11.3 Å². The smallest absolute Gasteiger partial charge is 0.339 e. The first-order chi connectivity index (χ1) is 18.9. The standard InChI is InChI=1S/C29H28N2O8/c1-4-16-38-19-12-10-17(11-13-19)30-27(32)23-24(20-14-15-21(36-2)25(37-3)22(20)29(34)35)31(39-26(23)28(30)33)18-8-6-5-7-9-18/h5-15,23-24,26H,4,16H2,1-3H3,(H,34,35)/t23-,24-,26-/m1/s1. The van der Waals surface area contributed by atoms with Crippen LogP contribution in [0, 0.1) is 5.92 Å². The molecule has 1 N–H and O–H groups in total. The van der Waals surface area contributed by atoms with Crippen molar-refractivity contribution in [3.05, 3.63) is 77.9 Å². The first-order valence-electron chi connectivity index (χ1n) is 12.5. The predicted octanol–water partition coefficient (Wildman–Crippen LogP) is 4.24. The largest absolute Gasteiger partial charge is 0.494 e. The molecule has 5 rings (SSSR count). The number of fused-ring (bicyclic) bond motifs is 1. The number of para-hydroxylation sites is 1. The van der Waals surface area contributed by atoms with Crippen molar-refractivity contribution >= 4 is 29.2 Å². The number of carbonyl (C=O) groups is 3. The Kier molecular flexibility index (Phi) is 7.12. The molecule has 0 spiro atoms. The lowest BCUT2D eigenvalue weighted by Gasteiger charge is -2.30. The predicted molar refractivity (Wildman–Crippen MR) is 141 cm³/mol. The number of ether oxygens (including phenoxy) is 3. The first kappa shape index (κ1) is 26.1. The normalized spacial score (nSPS) is 20.2. The highest BCUT2D eigenvalue weighted by Gasteiger charge is 2.61. The number of rotatable bonds is 9. The number of imide groups is 1. The molecule has 2 fully saturated rings. The number of amides is 2. The summed E-state index contributed by atoms with van der Waals surface area (Å²) in [4.78, 5) is 47.3. The Morgan fingerprint density at radius 3 is 2.26 bits per heavy atom. The lowest BCUT2D eigenvalue weighted by Crippen LogP contribution is -2.37. The van der Waals surface area contributed by atoms with E-state index in [9.17, 15) is 19.5 Å². The summed E-state index contributed by atoms with van der Waals surface area (Å²) in [6.45, 7) is 2.55. The van der Waals surface area contributed by atoms with E-state index in [2.05, 4.69) is 0 Å². The van der Waals surface area contributed by atoms with Gasteiger partial charge in [0.2, 0.25) is 5.91 Å². The van der Waals surface area contributed by atoms with Gasteiger partial charge in [0.15, 0.2) is 17.6 Å². The van der Waals surface area contributed by atoms with Crippen LogP contribution in [0.25, 0.3) is 0 Å². The van der Waals surface area contributed by atoms with Crippen molar-refractivity contribution < 1.29 is 38.5 Å². The Balaban J connectivity index is 1.61. The summed E-state index contributed by atoms with van der Waals surface area (Å²) < 4.78 is 16.4. The minimum atomic E-state index is -1.27. The zero-order valence-electron chi connectivity index (χ0n) is 21.7. The van der Waals surface area contributed by atoms with Gasteiger partial charge in [-0.1, -0.05) is 31.2 Å². The number of hydrogen-bond donors (Lipinski definition) is 1. The minimum Gasteiger partial charge on any atom is -0.494 e. The molecule has 2 aliphatic rings. The van der Waals surface area contributed by atoms with Crippen LogP contribution < -0.4 is 24.2 Å². The van der Waals surface area contributed by atoms with Gasteiger partial charge in [-0.05, 0) is 54.4 Å². The van der Waals surface area contributed by atoms with E-state index in [-0.39, 0.29) is 22.6 Å². The van der Waals surface area contributed by atoms with E-state index in [1.54, 1.807) is 60.7 Å². The number of hydrogen-bond acceptors (Lipinski definition) is 8. The average Bonchev–Trinajstić information content (AvgIpc) is 3.47. The Hall–Kier alpha value is -4.57. The van der Waals surface area contributed by atoms with Gasteiger partial charge in [0.05, 0.1) is 38.2 Å². The van der Waals surface area contributed by atoms with Crippen LogP contribution in [0.2, 0.25) is 0 Å². The van der Waals surface area contributed by atoms with Crippen molar-refractivity contribution in [3.63, 3.8) is 0 Å². The Morgan fingerprint density at radius 1 is 0.923 bits per heavy atom. The molecule has 2 aliphatic heterocycles. The fourth-order valence-electron chi connectivity index (χ4n) is 5.10. The zero-order valence-corrected chi connectivity index (χ0v) is 21.7. The fourth-order valence-corrected chi connectivity index (χ4v) is 5.10. The number of aromatic carboxylic acids is 1. The minimum absolute atomic E-state index is 0.00950. The number of carboxylic acids is 1. The van der Waals surface area contributed by atoms with E-state index in [4.69, 9.17) is 19.0 Å². The first-order valence-corrected chi connectivity index (χ1v) is 12.5. The summed E-state index contributed by atoms with van der Waals surface area (Å²) in [6.07, 6.45) is -0.312. The molecule has 0 unspecified atom stereocenters. The van der Waals surface area contributed by atoms with Gasteiger partial charge in [-0.2, -0.15) is 0 Å². The molecule has 3 aromatic carbocycles. The van der Waals surface area contributed by atoms with Crippen molar-refractivity contribution in [2.24, 2.45) is 5.92 Å². The summed E-state index contributed by atoms with van der Waals surface area (Å²) in [5, 5.41) is 11.7. The van der Waals surface area contributed by atoms with Gasteiger partial charge in [0.25, 0.3) is 5.91 Å². The van der Waals surface area contributed by atoms with E-state index < -0.39 is 35.8 Å². The number of hydroxylamine groups is 1. The molecule has 2 saturated heterocycles. The summed E-state index contributed by atoms with van der Waals surface area (Å²) in [7, 11) is 2.75. The van der Waals surface area contributed by atoms with Crippen LogP contribution >= 0.6 is 0 Å². The van der Waals surface area contributed by atoms with Crippen LogP contribution in [0.4, 0.5) is 11.4 Å². The molecule has 10 heteroatoms. The van der Waals surface area contributed by atoms with Crippen LogP contribution in [-0.4, -0.2) is 49.8 Å². The number of carbonyl (C=O) groups excluding carboxylic acids is 2. The van der Waals surface area contributed by atoms with Crippen molar-refractivity contribution in [1.29, 1.82) is 0 Å². The van der Waals surface area contributed by atoms with E-state index in [1.165, 1.54) is 19.3 Å². The van der Waals surface area contributed by atoms with Crippen LogP contribution in [0.5, 0.6) is 17.2 Å². The van der Waals surface area contributed by atoms with E-state index >= 15 is 0 Å². The second-order valence-electron chi connectivity index (χ2n) is 9.08. The molecule has 0 saturated carbocycles. The lowest BCUT2D eigenvalue weighted by atomic mass is 9.87. The molecule has 10 nitrogen and oxygen atoms in total. The molecule has 0 aromatic heterocycles. The quantitative estimate of drug-likeness (QED) is 0.404. The SMILES string of the molecule is CCCOc1ccc(N2C(=O)[C@@H]3[C@@H](c4ccc(OC)c(OC)c4C(=O)O)N(c4ccccc4)O[C@H]3C2=O)cc1. The number of nitrogens with zero attached hydrogens (tertiary/aromatic N) is 2. The van der Waals surface area contributed by atoms with Crippen LogP contribution in [0.15, 0.2) is 66.7 Å². The third-order valence-corrected chi connectivity index (χ3v) is 6.80. The van der Waals surface area contributed by atoms with E-state index in [1.807, 2.05) is 13.0 Å². The molecular formula is C29H28N2O8. The molecule has 2 amide bonds. The maximum atomic E-state index is 13.9. The molecular weight excluding hydrogens is 504 g/mol. The number of anilines is 2. The van der Waals surface area contributed by atoms with Crippen molar-refractivity contribution in [1.82, 2.24) is 0 Å².